The van der Waals surface area contributed by atoms with Crippen LogP contribution in [0, 0.1) is 18.3 Å². The van der Waals surface area contributed by atoms with Gasteiger partial charge in [0.15, 0.2) is 0 Å². The monoisotopic (exact) mass is 211 g/mol. The van der Waals surface area contributed by atoms with Crippen molar-refractivity contribution in [2.24, 2.45) is 0 Å². The van der Waals surface area contributed by atoms with Crippen molar-refractivity contribution in [2.75, 3.05) is 0 Å². The number of aryl methyl sites for hydroxylation is 1. The van der Waals surface area contributed by atoms with Crippen LogP contribution in [0.2, 0.25) is 0 Å². The Morgan fingerprint density at radius 1 is 1.50 bits per heavy atom. The van der Waals surface area contributed by atoms with Crippen molar-refractivity contribution >= 4 is 0 Å². The van der Waals surface area contributed by atoms with E-state index in [1.54, 1.807) is 31.5 Å². The van der Waals surface area contributed by atoms with Gasteiger partial charge in [-0.05, 0) is 19.1 Å². The summed E-state index contributed by atoms with van der Waals surface area (Å²) in [5.74, 6) is 0. The average molecular weight is 211 g/mol. The Kier molecular flexibility index (Phi) is 2.52. The first-order valence-electron chi connectivity index (χ1n) is 4.77. The molecule has 2 heterocycles. The van der Waals surface area contributed by atoms with Gasteiger partial charge < -0.3 is 4.98 Å². The molecular weight excluding hydrogens is 202 g/mol. The molecule has 2 aromatic rings. The zero-order chi connectivity index (χ0) is 11.5. The zero-order valence-electron chi connectivity index (χ0n) is 8.69. The van der Waals surface area contributed by atoms with Gasteiger partial charge in [-0.3, -0.25) is 9.78 Å². The third-order valence-electron chi connectivity index (χ3n) is 2.25. The number of aromatic nitrogens is 2. The first kappa shape index (κ1) is 10.1. The molecule has 0 saturated carbocycles. The number of nitrogens with one attached hydrogen (secondary N) is 1. The topological polar surface area (TPSA) is 69.5 Å². The van der Waals surface area contributed by atoms with Crippen molar-refractivity contribution in [2.45, 2.75) is 6.92 Å². The predicted molar refractivity (Wildman–Crippen MR) is 59.7 cm³/mol. The van der Waals surface area contributed by atoms with E-state index in [-0.39, 0.29) is 11.1 Å². The van der Waals surface area contributed by atoms with Gasteiger partial charge >= 0.3 is 0 Å². The summed E-state index contributed by atoms with van der Waals surface area (Å²) in [5.41, 5.74) is 1.88. The molecular formula is C12H9N3O. The molecule has 0 radical (unpaired) electrons. The SMILES string of the molecule is Cc1cc(-c2cccnc2)c(C#N)c(=O)[nH]1. The molecule has 0 aliphatic rings. The van der Waals surface area contributed by atoms with E-state index < -0.39 is 0 Å². The highest BCUT2D eigenvalue weighted by Gasteiger charge is 2.09. The lowest BCUT2D eigenvalue weighted by atomic mass is 10.0. The Morgan fingerprint density at radius 3 is 2.94 bits per heavy atom. The van der Waals surface area contributed by atoms with Crippen LogP contribution in [0.1, 0.15) is 11.3 Å². The maximum atomic E-state index is 11.6. The fourth-order valence-electron chi connectivity index (χ4n) is 1.55. The molecule has 0 aliphatic heterocycles. The number of hydrogen-bond donors (Lipinski definition) is 1. The molecule has 0 saturated heterocycles. The fourth-order valence-corrected chi connectivity index (χ4v) is 1.55. The number of aromatic amines is 1. The molecule has 4 nitrogen and oxygen atoms in total. The van der Waals surface area contributed by atoms with E-state index in [0.717, 1.165) is 11.3 Å². The predicted octanol–water partition coefficient (Wildman–Crippen LogP) is 1.62. The van der Waals surface area contributed by atoms with E-state index in [4.69, 9.17) is 5.26 Å². The average Bonchev–Trinajstić information content (AvgIpc) is 2.29. The molecule has 2 aromatic heterocycles. The minimum Gasteiger partial charge on any atom is -0.325 e. The molecule has 1 N–H and O–H groups in total. The van der Waals surface area contributed by atoms with Crippen molar-refractivity contribution in [3.8, 4) is 17.2 Å². The van der Waals surface area contributed by atoms with Gasteiger partial charge in [-0.15, -0.1) is 0 Å². The van der Waals surface area contributed by atoms with Gasteiger partial charge in [0, 0.05) is 29.2 Å². The Bertz CT molecular complexity index is 608. The summed E-state index contributed by atoms with van der Waals surface area (Å²) in [5, 5.41) is 8.96. The number of nitriles is 1. The van der Waals surface area contributed by atoms with Crippen molar-refractivity contribution in [3.05, 3.63) is 52.2 Å². The first-order chi connectivity index (χ1) is 7.72. The van der Waals surface area contributed by atoms with E-state index in [1.807, 2.05) is 12.1 Å². The molecule has 0 fully saturated rings. The smallest absolute Gasteiger partial charge is 0.266 e. The second-order valence-electron chi connectivity index (χ2n) is 3.42. The van der Waals surface area contributed by atoms with E-state index >= 15 is 0 Å². The quantitative estimate of drug-likeness (QED) is 0.779. The van der Waals surface area contributed by atoms with Crippen LogP contribution in [-0.4, -0.2) is 9.97 Å². The molecule has 78 valence electrons. The van der Waals surface area contributed by atoms with Crippen LogP contribution in [0.5, 0.6) is 0 Å². The fraction of sp³-hybridized carbons (Fsp3) is 0.0833. The number of nitrogens with zero attached hydrogens (tertiary/aromatic N) is 2. The van der Waals surface area contributed by atoms with Crippen molar-refractivity contribution in [1.82, 2.24) is 9.97 Å². The molecule has 0 unspecified atom stereocenters. The van der Waals surface area contributed by atoms with Gasteiger partial charge in [0.2, 0.25) is 0 Å². The van der Waals surface area contributed by atoms with Gasteiger partial charge in [-0.2, -0.15) is 5.26 Å². The maximum Gasteiger partial charge on any atom is 0.266 e. The highest BCUT2D eigenvalue weighted by molar-refractivity contribution is 5.69. The standard InChI is InChI=1S/C12H9N3O/c1-8-5-10(9-3-2-4-14-7-9)11(6-13)12(16)15-8/h2-5,7H,1H3,(H,15,16). The first-order valence-corrected chi connectivity index (χ1v) is 4.77. The van der Waals surface area contributed by atoms with Crippen LogP contribution in [0.25, 0.3) is 11.1 Å². The largest absolute Gasteiger partial charge is 0.325 e. The third-order valence-corrected chi connectivity index (χ3v) is 2.25. The van der Waals surface area contributed by atoms with Crippen LogP contribution >= 0.6 is 0 Å². The Labute approximate surface area is 92.2 Å². The van der Waals surface area contributed by atoms with Gasteiger partial charge in [-0.25, -0.2) is 0 Å². The van der Waals surface area contributed by atoms with Gasteiger partial charge in [0.25, 0.3) is 5.56 Å². The Morgan fingerprint density at radius 2 is 2.31 bits per heavy atom. The molecule has 4 heteroatoms. The molecule has 16 heavy (non-hydrogen) atoms. The van der Waals surface area contributed by atoms with Crippen LogP contribution in [-0.2, 0) is 0 Å². The lowest BCUT2D eigenvalue weighted by Gasteiger charge is -2.04. The minimum atomic E-state index is -0.360. The van der Waals surface area contributed by atoms with Gasteiger partial charge in [-0.1, -0.05) is 6.07 Å². The number of hydrogen-bond acceptors (Lipinski definition) is 3. The highest BCUT2D eigenvalue weighted by Crippen LogP contribution is 2.20. The Balaban J connectivity index is 2.75. The summed E-state index contributed by atoms with van der Waals surface area (Å²) < 4.78 is 0. The summed E-state index contributed by atoms with van der Waals surface area (Å²) in [6, 6.07) is 7.29. The Hall–Kier alpha value is -2.41. The van der Waals surface area contributed by atoms with Crippen molar-refractivity contribution in [3.63, 3.8) is 0 Å². The summed E-state index contributed by atoms with van der Waals surface area (Å²) in [6.45, 7) is 1.78. The molecule has 0 amide bonds. The van der Waals surface area contributed by atoms with E-state index in [9.17, 15) is 4.79 Å². The molecule has 0 bridgehead atoms. The van der Waals surface area contributed by atoms with Crippen LogP contribution in [0.15, 0.2) is 35.4 Å². The lowest BCUT2D eigenvalue weighted by molar-refractivity contribution is 1.13. The highest BCUT2D eigenvalue weighted by atomic mass is 16.1. The van der Waals surface area contributed by atoms with E-state index in [1.165, 1.54) is 0 Å². The molecule has 0 aliphatic carbocycles. The molecule has 2 rings (SSSR count). The normalized spacial score (nSPS) is 9.75. The maximum absolute atomic E-state index is 11.6. The number of pyridine rings is 2. The van der Waals surface area contributed by atoms with Crippen molar-refractivity contribution < 1.29 is 0 Å². The summed E-state index contributed by atoms with van der Waals surface area (Å²) in [6.07, 6.45) is 3.28. The van der Waals surface area contributed by atoms with Crippen LogP contribution in [0.4, 0.5) is 0 Å². The second kappa shape index (κ2) is 3.99. The van der Waals surface area contributed by atoms with Crippen LogP contribution in [0.3, 0.4) is 0 Å². The minimum absolute atomic E-state index is 0.124. The number of H-pyrrole nitrogens is 1. The zero-order valence-corrected chi connectivity index (χ0v) is 8.69. The summed E-state index contributed by atoms with van der Waals surface area (Å²) >= 11 is 0. The summed E-state index contributed by atoms with van der Waals surface area (Å²) in [4.78, 5) is 18.1. The van der Waals surface area contributed by atoms with E-state index in [2.05, 4.69) is 9.97 Å². The molecule has 0 atom stereocenters. The number of rotatable bonds is 1. The molecule has 0 spiro atoms. The van der Waals surface area contributed by atoms with Gasteiger partial charge in [0.05, 0.1) is 0 Å². The lowest BCUT2D eigenvalue weighted by Crippen LogP contribution is -2.12. The van der Waals surface area contributed by atoms with Crippen molar-refractivity contribution in [1.29, 1.82) is 5.26 Å². The van der Waals surface area contributed by atoms with Gasteiger partial charge in [0.1, 0.15) is 11.6 Å². The molecule has 0 aromatic carbocycles. The second-order valence-corrected chi connectivity index (χ2v) is 3.42. The van der Waals surface area contributed by atoms with E-state index in [0.29, 0.717) is 5.56 Å². The van der Waals surface area contributed by atoms with Crippen LogP contribution < -0.4 is 5.56 Å². The third kappa shape index (κ3) is 1.71. The summed E-state index contributed by atoms with van der Waals surface area (Å²) in [7, 11) is 0.